The van der Waals surface area contributed by atoms with Crippen LogP contribution in [0.25, 0.3) is 5.69 Å². The summed E-state index contributed by atoms with van der Waals surface area (Å²) in [5, 5.41) is 7.47. The van der Waals surface area contributed by atoms with Crippen molar-refractivity contribution in [1.82, 2.24) is 9.78 Å². The summed E-state index contributed by atoms with van der Waals surface area (Å²) in [7, 11) is 0. The average Bonchev–Trinajstić information content (AvgIpc) is 3.19. The van der Waals surface area contributed by atoms with Crippen molar-refractivity contribution in [3.05, 3.63) is 64.8 Å². The summed E-state index contributed by atoms with van der Waals surface area (Å²) < 4.78 is 12.5. The lowest BCUT2D eigenvalue weighted by Gasteiger charge is -2.11. The van der Waals surface area contributed by atoms with Gasteiger partial charge in [0, 0.05) is 6.07 Å². The van der Waals surface area contributed by atoms with Crippen molar-refractivity contribution < 1.29 is 14.3 Å². The number of anilines is 1. The van der Waals surface area contributed by atoms with Crippen LogP contribution < -0.4 is 14.8 Å². The number of benzene rings is 2. The molecule has 6 heteroatoms. The van der Waals surface area contributed by atoms with E-state index in [1.807, 2.05) is 39.0 Å². The highest BCUT2D eigenvalue weighted by Gasteiger charge is 2.23. The van der Waals surface area contributed by atoms with E-state index in [-0.39, 0.29) is 12.7 Å². The third kappa shape index (κ3) is 2.90. The first kappa shape index (κ1) is 16.2. The highest BCUT2D eigenvalue weighted by atomic mass is 16.7. The van der Waals surface area contributed by atoms with Crippen LogP contribution in [0, 0.1) is 20.8 Å². The minimum atomic E-state index is -0.266. The van der Waals surface area contributed by atoms with Crippen molar-refractivity contribution in [3.8, 4) is 17.2 Å². The van der Waals surface area contributed by atoms with E-state index in [9.17, 15) is 4.79 Å². The highest BCUT2D eigenvalue weighted by Crippen LogP contribution is 2.35. The molecule has 2 aromatic carbocycles. The van der Waals surface area contributed by atoms with E-state index < -0.39 is 0 Å². The van der Waals surface area contributed by atoms with Gasteiger partial charge in [-0.05, 0) is 56.2 Å². The summed E-state index contributed by atoms with van der Waals surface area (Å²) in [5.41, 5.74) is 4.43. The maximum Gasteiger partial charge on any atom is 0.260 e. The third-order valence-corrected chi connectivity index (χ3v) is 4.17. The average molecular weight is 349 g/mol. The number of aryl methyl sites for hydroxylation is 3. The Bertz CT molecular complexity index is 987. The van der Waals surface area contributed by atoms with Gasteiger partial charge in [0.15, 0.2) is 11.5 Å². The Kier molecular flexibility index (Phi) is 3.88. The van der Waals surface area contributed by atoms with Gasteiger partial charge < -0.3 is 14.8 Å². The van der Waals surface area contributed by atoms with E-state index in [1.54, 1.807) is 22.9 Å². The second-order valence-electron chi connectivity index (χ2n) is 6.42. The molecule has 0 saturated carbocycles. The maximum absolute atomic E-state index is 12.8. The SMILES string of the molecule is Cc1cc(C)cc(-n2nc(C)cc2NC(=O)c2cccc3c2OCO3)c1. The molecule has 6 nitrogen and oxygen atoms in total. The zero-order chi connectivity index (χ0) is 18.3. The Morgan fingerprint density at radius 2 is 1.85 bits per heavy atom. The summed E-state index contributed by atoms with van der Waals surface area (Å²) in [5.74, 6) is 1.39. The van der Waals surface area contributed by atoms with Crippen LogP contribution in [0.3, 0.4) is 0 Å². The van der Waals surface area contributed by atoms with Crippen molar-refractivity contribution in [2.45, 2.75) is 20.8 Å². The zero-order valence-electron chi connectivity index (χ0n) is 14.9. The Hall–Kier alpha value is -3.28. The Morgan fingerprint density at radius 1 is 1.08 bits per heavy atom. The first-order chi connectivity index (χ1) is 12.5. The van der Waals surface area contributed by atoms with Crippen LogP contribution in [0.2, 0.25) is 0 Å². The molecular weight excluding hydrogens is 330 g/mol. The molecular formula is C20H19N3O3. The molecule has 1 aliphatic rings. The molecule has 1 amide bonds. The minimum absolute atomic E-state index is 0.124. The Labute approximate surface area is 151 Å². The lowest BCUT2D eigenvalue weighted by Crippen LogP contribution is -2.16. The number of carbonyl (C=O) groups excluding carboxylic acids is 1. The molecule has 26 heavy (non-hydrogen) atoms. The molecule has 0 spiro atoms. The smallest absolute Gasteiger partial charge is 0.260 e. The van der Waals surface area contributed by atoms with Gasteiger partial charge >= 0.3 is 0 Å². The van der Waals surface area contributed by atoms with E-state index >= 15 is 0 Å². The Morgan fingerprint density at radius 3 is 2.62 bits per heavy atom. The molecule has 2 heterocycles. The van der Waals surface area contributed by atoms with Gasteiger partial charge in [-0.25, -0.2) is 4.68 Å². The van der Waals surface area contributed by atoms with Crippen LogP contribution in [0.5, 0.6) is 11.5 Å². The zero-order valence-corrected chi connectivity index (χ0v) is 14.9. The molecule has 0 bridgehead atoms. The number of rotatable bonds is 3. The second kappa shape index (κ2) is 6.22. The lowest BCUT2D eigenvalue weighted by atomic mass is 10.1. The number of ether oxygens (including phenoxy) is 2. The molecule has 4 rings (SSSR count). The molecule has 1 aromatic heterocycles. The van der Waals surface area contributed by atoms with Gasteiger partial charge in [0.2, 0.25) is 6.79 Å². The summed E-state index contributed by atoms with van der Waals surface area (Å²) in [4.78, 5) is 12.8. The van der Waals surface area contributed by atoms with Crippen LogP contribution in [-0.4, -0.2) is 22.5 Å². The fourth-order valence-electron chi connectivity index (χ4n) is 3.15. The molecule has 3 aromatic rings. The van der Waals surface area contributed by atoms with Gasteiger partial charge in [-0.2, -0.15) is 5.10 Å². The fraction of sp³-hybridized carbons (Fsp3) is 0.200. The summed E-state index contributed by atoms with van der Waals surface area (Å²) in [6.45, 7) is 6.09. The van der Waals surface area contributed by atoms with Gasteiger partial charge in [0.1, 0.15) is 5.82 Å². The fourth-order valence-corrected chi connectivity index (χ4v) is 3.15. The van der Waals surface area contributed by atoms with Crippen molar-refractivity contribution in [2.75, 3.05) is 12.1 Å². The van der Waals surface area contributed by atoms with Crippen LogP contribution in [0.1, 0.15) is 27.2 Å². The summed E-state index contributed by atoms with van der Waals surface area (Å²) in [6, 6.07) is 13.3. The number of nitrogens with one attached hydrogen (secondary N) is 1. The normalized spacial score (nSPS) is 12.3. The van der Waals surface area contributed by atoms with Crippen LogP contribution in [0.4, 0.5) is 5.82 Å². The second-order valence-corrected chi connectivity index (χ2v) is 6.42. The number of aromatic nitrogens is 2. The number of fused-ring (bicyclic) bond motifs is 1. The van der Waals surface area contributed by atoms with E-state index in [2.05, 4.69) is 16.5 Å². The predicted molar refractivity (Wildman–Crippen MR) is 98.3 cm³/mol. The Balaban J connectivity index is 1.69. The minimum Gasteiger partial charge on any atom is -0.454 e. The van der Waals surface area contributed by atoms with Crippen molar-refractivity contribution in [1.29, 1.82) is 0 Å². The third-order valence-electron chi connectivity index (χ3n) is 4.17. The quantitative estimate of drug-likeness (QED) is 0.781. The largest absolute Gasteiger partial charge is 0.454 e. The molecule has 0 atom stereocenters. The van der Waals surface area contributed by atoms with E-state index in [0.717, 1.165) is 22.5 Å². The van der Waals surface area contributed by atoms with Crippen molar-refractivity contribution >= 4 is 11.7 Å². The van der Waals surface area contributed by atoms with Gasteiger partial charge in [-0.3, -0.25) is 4.79 Å². The monoisotopic (exact) mass is 349 g/mol. The molecule has 0 unspecified atom stereocenters. The van der Waals surface area contributed by atoms with E-state index in [0.29, 0.717) is 22.9 Å². The van der Waals surface area contributed by atoms with E-state index in [4.69, 9.17) is 9.47 Å². The molecule has 0 saturated heterocycles. The first-order valence-electron chi connectivity index (χ1n) is 8.36. The molecule has 1 aliphatic heterocycles. The first-order valence-corrected chi connectivity index (χ1v) is 8.36. The number of hydrogen-bond acceptors (Lipinski definition) is 4. The number of amides is 1. The topological polar surface area (TPSA) is 65.4 Å². The van der Waals surface area contributed by atoms with Crippen molar-refractivity contribution in [3.63, 3.8) is 0 Å². The van der Waals surface area contributed by atoms with Crippen LogP contribution >= 0.6 is 0 Å². The van der Waals surface area contributed by atoms with Crippen molar-refractivity contribution in [2.24, 2.45) is 0 Å². The predicted octanol–water partition coefficient (Wildman–Crippen LogP) is 3.78. The molecule has 0 fully saturated rings. The summed E-state index contributed by atoms with van der Waals surface area (Å²) >= 11 is 0. The number of carbonyl (C=O) groups is 1. The maximum atomic E-state index is 12.8. The molecule has 132 valence electrons. The number of nitrogens with zero attached hydrogens (tertiary/aromatic N) is 2. The number of hydrogen-bond donors (Lipinski definition) is 1. The van der Waals surface area contributed by atoms with Gasteiger partial charge in [-0.15, -0.1) is 0 Å². The van der Waals surface area contributed by atoms with Gasteiger partial charge in [-0.1, -0.05) is 12.1 Å². The van der Waals surface area contributed by atoms with E-state index in [1.165, 1.54) is 0 Å². The highest BCUT2D eigenvalue weighted by molar-refractivity contribution is 6.06. The summed E-state index contributed by atoms with van der Waals surface area (Å²) in [6.07, 6.45) is 0. The molecule has 0 radical (unpaired) electrons. The van der Waals surface area contributed by atoms with Crippen LogP contribution in [0.15, 0.2) is 42.5 Å². The molecule has 1 N–H and O–H groups in total. The number of para-hydroxylation sites is 1. The lowest BCUT2D eigenvalue weighted by molar-refractivity contribution is 0.102. The standard InChI is InChI=1S/C20H19N3O3/c1-12-7-13(2)9-15(8-12)23-18(10-14(3)22-23)21-20(24)16-5-4-6-17-19(16)26-11-25-17/h4-10H,11H2,1-3H3,(H,21,24). The van der Waals surface area contributed by atoms with Gasteiger partial charge in [0.25, 0.3) is 5.91 Å². The molecule has 0 aliphatic carbocycles. The van der Waals surface area contributed by atoms with Gasteiger partial charge in [0.05, 0.1) is 16.9 Å². The van der Waals surface area contributed by atoms with Crippen LogP contribution in [-0.2, 0) is 0 Å².